The summed E-state index contributed by atoms with van der Waals surface area (Å²) in [5.41, 5.74) is 3.42. The third kappa shape index (κ3) is 6.35. The Balaban J connectivity index is 1.27. The number of nitrogens with one attached hydrogen (secondary N) is 1. The second-order valence-electron chi connectivity index (χ2n) is 12.4. The van der Waals surface area contributed by atoms with Gasteiger partial charge in [-0.3, -0.25) is 14.4 Å². The van der Waals surface area contributed by atoms with Gasteiger partial charge in [0.25, 0.3) is 0 Å². The number of rotatable bonds is 8. The Hall–Kier alpha value is -4.32. The van der Waals surface area contributed by atoms with Crippen molar-refractivity contribution in [2.75, 3.05) is 33.8 Å². The Morgan fingerprint density at radius 3 is 2.50 bits per heavy atom. The Bertz CT molecular complexity index is 1560. The average Bonchev–Trinajstić information content (AvgIpc) is 3.78. The van der Waals surface area contributed by atoms with E-state index in [4.69, 9.17) is 19.3 Å². The van der Waals surface area contributed by atoms with Crippen LogP contribution < -0.4 is 5.32 Å². The topological polar surface area (TPSA) is 135 Å². The standard InChI is InChI=1S/C35H39N3O8/c1-37(2)30(40)14-13-22-8-5-6-11-26(22)34(43)44-28-18-25(33(42)38-16-7-12-27(38)32(41)36-15-17-39)19-29-31(28)46-35(45-29)20-23-9-3-4-10-24(23)21-35/h3-6,8-11,13-14,19,27-29,31,39H,7,12,15-18,20-21H2,1-2H3,(H,36,41). The summed E-state index contributed by atoms with van der Waals surface area (Å²) in [6, 6.07) is 14.2. The number of esters is 1. The van der Waals surface area contributed by atoms with Gasteiger partial charge in [-0.1, -0.05) is 42.5 Å². The van der Waals surface area contributed by atoms with Crippen LogP contribution in [0.3, 0.4) is 0 Å². The highest BCUT2D eigenvalue weighted by Gasteiger charge is 2.55. The van der Waals surface area contributed by atoms with Crippen molar-refractivity contribution >= 4 is 29.8 Å². The van der Waals surface area contributed by atoms with E-state index < -0.39 is 36.1 Å². The monoisotopic (exact) mass is 629 g/mol. The number of aliphatic hydroxyl groups excluding tert-OH is 1. The van der Waals surface area contributed by atoms with Gasteiger partial charge in [-0.05, 0) is 47.8 Å². The van der Waals surface area contributed by atoms with Crippen LogP contribution in [0, 0.1) is 0 Å². The van der Waals surface area contributed by atoms with Crippen molar-refractivity contribution in [3.8, 4) is 0 Å². The number of aliphatic hydroxyl groups is 1. The van der Waals surface area contributed by atoms with Gasteiger partial charge in [-0.2, -0.15) is 0 Å². The summed E-state index contributed by atoms with van der Waals surface area (Å²) in [5.74, 6) is -2.41. The molecule has 2 aliphatic heterocycles. The van der Waals surface area contributed by atoms with Gasteiger partial charge in [-0.15, -0.1) is 0 Å². The SMILES string of the molecule is CN(C)C(=O)C=Cc1ccccc1C(=O)OC1CC(C(=O)N2CCCC2C(=O)NCCO)=CC2OC3(Cc4ccccc4C3)OC21. The van der Waals surface area contributed by atoms with Crippen molar-refractivity contribution in [1.29, 1.82) is 0 Å². The molecule has 2 N–H and O–H groups in total. The molecule has 0 aromatic heterocycles. The quantitative estimate of drug-likeness (QED) is 0.335. The van der Waals surface area contributed by atoms with Crippen molar-refractivity contribution in [3.63, 3.8) is 0 Å². The van der Waals surface area contributed by atoms with E-state index in [9.17, 15) is 19.2 Å². The lowest BCUT2D eigenvalue weighted by molar-refractivity contribution is -0.172. The van der Waals surface area contributed by atoms with Gasteiger partial charge in [-0.25, -0.2) is 4.79 Å². The highest BCUT2D eigenvalue weighted by Crippen LogP contribution is 2.45. The molecule has 4 unspecified atom stereocenters. The van der Waals surface area contributed by atoms with E-state index in [-0.39, 0.29) is 42.9 Å². The molecule has 2 aromatic carbocycles. The molecule has 4 aliphatic rings. The van der Waals surface area contributed by atoms with E-state index in [1.807, 2.05) is 24.3 Å². The number of nitrogens with zero attached hydrogens (tertiary/aromatic N) is 2. The number of ether oxygens (including phenoxy) is 3. The Labute approximate surface area is 267 Å². The first-order valence-corrected chi connectivity index (χ1v) is 15.7. The number of hydrogen-bond donors (Lipinski definition) is 2. The van der Waals surface area contributed by atoms with Crippen LogP contribution in [0.5, 0.6) is 0 Å². The first kappa shape index (κ1) is 31.7. The van der Waals surface area contributed by atoms with E-state index in [0.29, 0.717) is 43.4 Å². The summed E-state index contributed by atoms with van der Waals surface area (Å²) in [6.45, 7) is 0.326. The first-order valence-electron chi connectivity index (χ1n) is 15.7. The highest BCUT2D eigenvalue weighted by atomic mass is 16.8. The first-order chi connectivity index (χ1) is 22.2. The summed E-state index contributed by atoms with van der Waals surface area (Å²) >= 11 is 0. The van der Waals surface area contributed by atoms with Crippen LogP contribution in [0.2, 0.25) is 0 Å². The van der Waals surface area contributed by atoms with Gasteiger partial charge in [0.05, 0.1) is 12.2 Å². The van der Waals surface area contributed by atoms with Crippen molar-refractivity contribution in [1.82, 2.24) is 15.1 Å². The van der Waals surface area contributed by atoms with E-state index in [0.717, 1.165) is 11.1 Å². The summed E-state index contributed by atoms with van der Waals surface area (Å²) < 4.78 is 19.3. The number of fused-ring (bicyclic) bond motifs is 2. The maximum atomic E-state index is 14.0. The van der Waals surface area contributed by atoms with Crippen LogP contribution in [0.25, 0.3) is 6.08 Å². The number of carbonyl (C=O) groups is 4. The zero-order valence-corrected chi connectivity index (χ0v) is 26.0. The number of likely N-dealkylation sites (tertiary alicyclic amines) is 1. The molecule has 2 fully saturated rings. The second-order valence-corrected chi connectivity index (χ2v) is 12.4. The molecule has 2 aliphatic carbocycles. The number of benzene rings is 2. The molecule has 3 amide bonds. The van der Waals surface area contributed by atoms with Gasteiger partial charge in [0.15, 0.2) is 5.79 Å². The molecular weight excluding hydrogens is 590 g/mol. The molecule has 0 bridgehead atoms. The van der Waals surface area contributed by atoms with Crippen molar-refractivity contribution in [2.24, 2.45) is 0 Å². The average molecular weight is 630 g/mol. The number of hydrogen-bond acceptors (Lipinski definition) is 8. The van der Waals surface area contributed by atoms with Crippen molar-refractivity contribution in [3.05, 3.63) is 88.5 Å². The summed E-state index contributed by atoms with van der Waals surface area (Å²) in [6.07, 6.45) is 4.89. The molecule has 0 saturated carbocycles. The lowest BCUT2D eigenvalue weighted by atomic mass is 9.91. The Morgan fingerprint density at radius 2 is 1.78 bits per heavy atom. The molecule has 1 spiro atoms. The molecule has 2 aromatic rings. The zero-order chi connectivity index (χ0) is 32.4. The van der Waals surface area contributed by atoms with Crippen molar-refractivity contribution < 1.29 is 38.5 Å². The lowest BCUT2D eigenvalue weighted by Crippen LogP contribution is -2.49. The molecule has 6 rings (SSSR count). The smallest absolute Gasteiger partial charge is 0.339 e. The summed E-state index contributed by atoms with van der Waals surface area (Å²) in [7, 11) is 3.29. The van der Waals surface area contributed by atoms with E-state index in [1.165, 1.54) is 11.0 Å². The normalized spacial score (nSPS) is 24.4. The molecule has 4 atom stereocenters. The maximum Gasteiger partial charge on any atom is 0.339 e. The fourth-order valence-electron chi connectivity index (χ4n) is 6.76. The van der Waals surface area contributed by atoms with Crippen LogP contribution in [-0.4, -0.2) is 103 Å². The third-order valence-corrected chi connectivity index (χ3v) is 9.00. The Kier molecular flexibility index (Phi) is 9.08. The molecule has 11 nitrogen and oxygen atoms in total. The predicted molar refractivity (Wildman–Crippen MR) is 167 cm³/mol. The molecule has 242 valence electrons. The molecule has 2 heterocycles. The number of likely N-dealkylation sites (N-methyl/N-ethyl adjacent to an activating group) is 1. The molecule has 46 heavy (non-hydrogen) atoms. The highest BCUT2D eigenvalue weighted by molar-refractivity contribution is 5.99. The fourth-order valence-corrected chi connectivity index (χ4v) is 6.76. The van der Waals surface area contributed by atoms with Crippen molar-refractivity contribution in [2.45, 2.75) is 62.2 Å². The maximum absolute atomic E-state index is 14.0. The molecular formula is C35H39N3O8. The molecule has 11 heteroatoms. The third-order valence-electron chi connectivity index (χ3n) is 9.00. The molecule has 2 saturated heterocycles. The number of amides is 3. The minimum Gasteiger partial charge on any atom is -0.456 e. The van der Waals surface area contributed by atoms with Crippen LogP contribution in [0.4, 0.5) is 0 Å². The van der Waals surface area contributed by atoms with Gasteiger partial charge < -0.3 is 34.4 Å². The number of carbonyl (C=O) groups excluding carboxylic acids is 4. The van der Waals surface area contributed by atoms with E-state index >= 15 is 0 Å². The molecule has 0 radical (unpaired) electrons. The summed E-state index contributed by atoms with van der Waals surface area (Å²) in [5, 5.41) is 11.8. The van der Waals surface area contributed by atoms with Crippen LogP contribution in [-0.2, 0) is 41.4 Å². The van der Waals surface area contributed by atoms with Crippen LogP contribution in [0.15, 0.2) is 66.3 Å². The van der Waals surface area contributed by atoms with Crippen LogP contribution in [0.1, 0.15) is 46.3 Å². The minimum absolute atomic E-state index is 0.0801. The van der Waals surface area contributed by atoms with Gasteiger partial charge >= 0.3 is 5.97 Å². The van der Waals surface area contributed by atoms with E-state index in [1.54, 1.807) is 55.4 Å². The minimum atomic E-state index is -0.952. The van der Waals surface area contributed by atoms with Crippen LogP contribution >= 0.6 is 0 Å². The largest absolute Gasteiger partial charge is 0.456 e. The predicted octanol–water partition coefficient (Wildman–Crippen LogP) is 2.02. The van der Waals surface area contributed by atoms with E-state index in [2.05, 4.69) is 5.32 Å². The van der Waals surface area contributed by atoms with Gasteiger partial charge in [0, 0.05) is 58.1 Å². The zero-order valence-electron chi connectivity index (χ0n) is 26.0. The Morgan fingerprint density at radius 1 is 1.07 bits per heavy atom. The second kappa shape index (κ2) is 13.2. The van der Waals surface area contributed by atoms with Gasteiger partial charge in [0.1, 0.15) is 24.4 Å². The fraction of sp³-hybridized carbons (Fsp3) is 0.429. The van der Waals surface area contributed by atoms with Gasteiger partial charge in [0.2, 0.25) is 17.7 Å². The lowest BCUT2D eigenvalue weighted by Gasteiger charge is -2.32. The summed E-state index contributed by atoms with van der Waals surface area (Å²) in [4.78, 5) is 55.7.